The Morgan fingerprint density at radius 1 is 0.400 bits per heavy atom. The van der Waals surface area contributed by atoms with E-state index in [0.29, 0.717) is 0 Å². The molecule has 0 atom stereocenters. The van der Waals surface area contributed by atoms with Crippen LogP contribution < -0.4 is 13.1 Å². The summed E-state index contributed by atoms with van der Waals surface area (Å²) in [5.41, 5.74) is 0. The van der Waals surface area contributed by atoms with Crippen LogP contribution >= 0.6 is 0 Å². The van der Waals surface area contributed by atoms with E-state index in [-0.39, 0.29) is 4.90 Å². The fourth-order valence-electron chi connectivity index (χ4n) is 4.09. The van der Waals surface area contributed by atoms with Gasteiger partial charge in [0.1, 0.15) is 0 Å². The molecule has 0 aliphatic carbocycles. The first kappa shape index (κ1) is 25.0. The molecule has 5 heteroatoms. The molecule has 1 N–H and O–H groups in total. The fourth-order valence-corrected chi connectivity index (χ4v) is 21.2. The van der Waals surface area contributed by atoms with Crippen molar-refractivity contribution < 1.29 is 13.0 Å². The van der Waals surface area contributed by atoms with Crippen LogP contribution in [0.5, 0.6) is 0 Å². The standard InChI is InChI=1S/C6H6O3S.4C6H5.Bi/c7-10(8,9)6-4-2-1-3-5-6;4*1-2-4-6-5-3-1;/h1-5H,(H,7,8,9);4*1-5H;. The molecule has 35 heavy (non-hydrogen) atoms. The van der Waals surface area contributed by atoms with Gasteiger partial charge in [-0.25, -0.2) is 0 Å². The minimum atomic E-state index is -4.00. The third-order valence-corrected chi connectivity index (χ3v) is 23.2. The van der Waals surface area contributed by atoms with Crippen LogP contribution in [-0.2, 0) is 10.1 Å². The zero-order chi connectivity index (χ0) is 24.6. The Kier molecular flexibility index (Phi) is 8.25. The van der Waals surface area contributed by atoms with Gasteiger partial charge >= 0.3 is 155 Å². The van der Waals surface area contributed by atoms with Gasteiger partial charge in [-0.2, -0.15) is 8.42 Å². The van der Waals surface area contributed by atoms with Crippen molar-refractivity contribution in [1.82, 2.24) is 0 Å². The van der Waals surface area contributed by atoms with Crippen molar-refractivity contribution in [1.29, 1.82) is 0 Å². The molecular formula is C30H26BiO3S. The van der Waals surface area contributed by atoms with E-state index >= 15 is 0 Å². The van der Waals surface area contributed by atoms with E-state index in [2.05, 4.69) is 121 Å². The van der Waals surface area contributed by atoms with E-state index in [0.717, 1.165) is 0 Å². The van der Waals surface area contributed by atoms with Gasteiger partial charge in [-0.3, -0.25) is 4.55 Å². The van der Waals surface area contributed by atoms with Gasteiger partial charge in [0.15, 0.2) is 0 Å². The molecular weight excluding hydrogens is 649 g/mol. The fraction of sp³-hybridized carbons (Fsp3) is 0. The van der Waals surface area contributed by atoms with Gasteiger partial charge in [-0.1, -0.05) is 18.2 Å². The Morgan fingerprint density at radius 2 is 0.629 bits per heavy atom. The summed E-state index contributed by atoms with van der Waals surface area (Å²) in [7, 11) is -4.00. The molecule has 0 unspecified atom stereocenters. The van der Waals surface area contributed by atoms with Crippen LogP contribution in [0, 0.1) is 0 Å². The first-order valence-electron chi connectivity index (χ1n) is 11.2. The predicted molar refractivity (Wildman–Crippen MR) is 146 cm³/mol. The van der Waals surface area contributed by atoms with Crippen molar-refractivity contribution in [2.24, 2.45) is 0 Å². The Labute approximate surface area is 211 Å². The molecule has 0 saturated heterocycles. The van der Waals surface area contributed by atoms with Gasteiger partial charge in [-0.15, -0.1) is 0 Å². The summed E-state index contributed by atoms with van der Waals surface area (Å²) in [6, 6.07) is 51.9. The Bertz CT molecular complexity index is 1260. The van der Waals surface area contributed by atoms with Gasteiger partial charge in [0.05, 0.1) is 4.90 Å². The molecule has 0 aliphatic rings. The summed E-state index contributed by atoms with van der Waals surface area (Å²) in [6.45, 7) is 0. The average molecular weight is 676 g/mol. The van der Waals surface area contributed by atoms with E-state index in [9.17, 15) is 8.42 Å². The molecule has 5 rings (SSSR count). The predicted octanol–water partition coefficient (Wildman–Crippen LogP) is 4.00. The monoisotopic (exact) mass is 675 g/mol. The van der Waals surface area contributed by atoms with E-state index in [1.165, 1.54) is 25.2 Å². The zero-order valence-corrected chi connectivity index (χ0v) is 23.3. The molecule has 5 aromatic rings. The maximum absolute atomic E-state index is 10.4. The number of rotatable bonds is 5. The first-order chi connectivity index (χ1) is 17.0. The van der Waals surface area contributed by atoms with Crippen molar-refractivity contribution >= 4 is 43.5 Å². The molecule has 0 aromatic heterocycles. The second kappa shape index (κ2) is 11.5. The molecule has 0 fully saturated rings. The van der Waals surface area contributed by atoms with Crippen molar-refractivity contribution in [3.8, 4) is 0 Å². The van der Waals surface area contributed by atoms with Crippen LogP contribution in [-0.4, -0.2) is 33.2 Å². The molecule has 3 nitrogen and oxygen atoms in total. The summed E-state index contributed by atoms with van der Waals surface area (Å²) in [6.07, 6.45) is 0. The van der Waals surface area contributed by atoms with E-state index in [4.69, 9.17) is 4.55 Å². The summed E-state index contributed by atoms with van der Waals surface area (Å²) in [5.74, 6) is 0. The quantitative estimate of drug-likeness (QED) is 0.227. The summed E-state index contributed by atoms with van der Waals surface area (Å²) in [4.78, 5) is -0.0741. The molecule has 5 aromatic carbocycles. The zero-order valence-electron chi connectivity index (χ0n) is 19.1. The SMILES string of the molecule is O=S(=O)(O)c1ccccc1.c1cc[c]([Bi]([c]2ccccc2)([c]2ccccc2)[c]2ccccc2)cc1. The van der Waals surface area contributed by atoms with Crippen molar-refractivity contribution in [2.45, 2.75) is 4.90 Å². The van der Waals surface area contributed by atoms with Crippen LogP contribution in [0.2, 0.25) is 0 Å². The molecule has 0 heterocycles. The van der Waals surface area contributed by atoms with Gasteiger partial charge in [0.25, 0.3) is 10.1 Å². The third-order valence-electron chi connectivity index (χ3n) is 5.62. The topological polar surface area (TPSA) is 54.4 Å². The Balaban J connectivity index is 0.000000243. The first-order valence-corrected chi connectivity index (χ1v) is 19.6. The van der Waals surface area contributed by atoms with Crippen LogP contribution in [0.25, 0.3) is 0 Å². The van der Waals surface area contributed by atoms with Crippen molar-refractivity contribution in [2.75, 3.05) is 0 Å². The van der Waals surface area contributed by atoms with Crippen molar-refractivity contribution in [3.63, 3.8) is 0 Å². The van der Waals surface area contributed by atoms with Gasteiger partial charge in [-0.05, 0) is 12.1 Å². The number of benzene rings is 5. The third kappa shape index (κ3) is 5.76. The normalized spacial score (nSPS) is 11.2. The number of hydrogen-bond acceptors (Lipinski definition) is 2. The molecule has 0 spiro atoms. The van der Waals surface area contributed by atoms with Gasteiger partial charge in [0.2, 0.25) is 0 Å². The summed E-state index contributed by atoms with van der Waals surface area (Å²) < 4.78 is 35.2. The molecule has 0 amide bonds. The van der Waals surface area contributed by atoms with E-state index in [1.807, 2.05) is 0 Å². The minimum absolute atomic E-state index is 0.0741. The van der Waals surface area contributed by atoms with Crippen LogP contribution in [0.4, 0.5) is 0 Å². The molecule has 1 radical (unpaired) electrons. The van der Waals surface area contributed by atoms with Gasteiger partial charge in [0, 0.05) is 0 Å². The second-order valence-corrected chi connectivity index (χ2v) is 22.5. The van der Waals surface area contributed by atoms with E-state index < -0.39 is 30.4 Å². The second-order valence-electron chi connectivity index (χ2n) is 7.80. The molecule has 175 valence electrons. The van der Waals surface area contributed by atoms with Gasteiger partial charge < -0.3 is 0 Å². The Morgan fingerprint density at radius 3 is 0.829 bits per heavy atom. The Hall–Kier alpha value is -3.11. The molecule has 0 saturated carbocycles. The maximum atomic E-state index is 10.4. The van der Waals surface area contributed by atoms with Crippen LogP contribution in [0.15, 0.2) is 157 Å². The number of hydrogen-bond donors (Lipinski definition) is 1. The summed E-state index contributed by atoms with van der Waals surface area (Å²) >= 11 is -3.38. The van der Waals surface area contributed by atoms with Crippen LogP contribution in [0.1, 0.15) is 0 Å². The average Bonchev–Trinajstić information content (AvgIpc) is 2.92. The van der Waals surface area contributed by atoms with Crippen LogP contribution in [0.3, 0.4) is 0 Å². The summed E-state index contributed by atoms with van der Waals surface area (Å²) in [5, 5.41) is 0. The molecule has 0 bridgehead atoms. The molecule has 0 aliphatic heterocycles. The van der Waals surface area contributed by atoms with Crippen molar-refractivity contribution in [3.05, 3.63) is 152 Å². The van der Waals surface area contributed by atoms with E-state index in [1.54, 1.807) is 18.2 Å².